The van der Waals surface area contributed by atoms with Crippen LogP contribution in [0.5, 0.6) is 0 Å². The average molecular weight is 309 g/mol. The molecule has 0 spiro atoms. The van der Waals surface area contributed by atoms with Crippen molar-refractivity contribution in [3.8, 4) is 11.5 Å². The van der Waals surface area contributed by atoms with Gasteiger partial charge in [-0.15, -0.1) is 0 Å². The molecule has 2 rings (SSSR count). The first kappa shape index (κ1) is 15.5. The third-order valence-corrected chi connectivity index (χ3v) is 3.03. The van der Waals surface area contributed by atoms with Gasteiger partial charge in [-0.05, 0) is 38.2 Å². The Bertz CT molecular complexity index is 595. The van der Waals surface area contributed by atoms with E-state index in [0.717, 1.165) is 11.3 Å². The van der Waals surface area contributed by atoms with Gasteiger partial charge < -0.3 is 9.15 Å². The molecule has 6 heteroatoms. The lowest BCUT2D eigenvalue weighted by atomic mass is 10.2. The van der Waals surface area contributed by atoms with Crippen molar-refractivity contribution in [1.29, 1.82) is 0 Å². The number of esters is 1. The molecule has 1 aromatic heterocycles. The smallest absolute Gasteiger partial charge is 0.320 e. The molecule has 21 heavy (non-hydrogen) atoms. The van der Waals surface area contributed by atoms with Crippen LogP contribution in [0.4, 0.5) is 0 Å². The Morgan fingerprint density at radius 2 is 2.10 bits per heavy atom. The van der Waals surface area contributed by atoms with E-state index in [4.69, 9.17) is 20.8 Å². The lowest BCUT2D eigenvalue weighted by Gasteiger charge is -2.13. The molecule has 0 amide bonds. The van der Waals surface area contributed by atoms with Crippen molar-refractivity contribution in [3.63, 3.8) is 0 Å². The van der Waals surface area contributed by atoms with Gasteiger partial charge in [-0.25, -0.2) is 4.98 Å². The highest BCUT2D eigenvalue weighted by molar-refractivity contribution is 6.30. The first-order valence-corrected chi connectivity index (χ1v) is 7.00. The first-order chi connectivity index (χ1) is 10.1. The van der Waals surface area contributed by atoms with E-state index in [2.05, 4.69) is 4.98 Å². The van der Waals surface area contributed by atoms with Crippen LogP contribution in [0.25, 0.3) is 11.5 Å². The maximum atomic E-state index is 11.4. The van der Waals surface area contributed by atoms with Gasteiger partial charge in [-0.1, -0.05) is 11.6 Å². The van der Waals surface area contributed by atoms with Gasteiger partial charge in [0.1, 0.15) is 6.26 Å². The van der Waals surface area contributed by atoms with Crippen molar-refractivity contribution < 1.29 is 13.9 Å². The van der Waals surface area contributed by atoms with Crippen molar-refractivity contribution in [2.45, 2.75) is 13.5 Å². The number of aromatic nitrogens is 1. The highest BCUT2D eigenvalue weighted by Crippen LogP contribution is 2.21. The molecule has 0 atom stereocenters. The van der Waals surface area contributed by atoms with E-state index in [0.29, 0.717) is 24.1 Å². The second kappa shape index (κ2) is 7.24. The minimum atomic E-state index is -0.249. The number of nitrogens with zero attached hydrogens (tertiary/aromatic N) is 2. The second-order valence-electron chi connectivity index (χ2n) is 4.63. The molecule has 5 nitrogen and oxygen atoms in total. The van der Waals surface area contributed by atoms with Crippen molar-refractivity contribution in [1.82, 2.24) is 9.88 Å². The van der Waals surface area contributed by atoms with E-state index in [1.54, 1.807) is 25.3 Å². The van der Waals surface area contributed by atoms with Crippen molar-refractivity contribution in [3.05, 3.63) is 41.2 Å². The summed E-state index contributed by atoms with van der Waals surface area (Å²) in [5.74, 6) is 0.285. The predicted molar refractivity (Wildman–Crippen MR) is 79.9 cm³/mol. The summed E-state index contributed by atoms with van der Waals surface area (Å²) in [5.41, 5.74) is 1.62. The molecule has 0 radical (unpaired) electrons. The molecule has 0 fully saturated rings. The Morgan fingerprint density at radius 1 is 1.38 bits per heavy atom. The second-order valence-corrected chi connectivity index (χ2v) is 5.06. The molecule has 0 bridgehead atoms. The molecule has 0 saturated heterocycles. The summed E-state index contributed by atoms with van der Waals surface area (Å²) < 4.78 is 10.3. The van der Waals surface area contributed by atoms with Crippen LogP contribution in [0.2, 0.25) is 5.02 Å². The molecule has 0 aliphatic heterocycles. The molecular formula is C15H17ClN2O3. The van der Waals surface area contributed by atoms with Crippen LogP contribution in [0.1, 0.15) is 12.6 Å². The predicted octanol–water partition coefficient (Wildman–Crippen LogP) is 2.99. The van der Waals surface area contributed by atoms with Crippen LogP contribution in [-0.4, -0.2) is 36.1 Å². The summed E-state index contributed by atoms with van der Waals surface area (Å²) in [6, 6.07) is 7.27. The molecule has 0 N–H and O–H groups in total. The molecule has 0 saturated carbocycles. The highest BCUT2D eigenvalue weighted by Gasteiger charge is 2.11. The monoisotopic (exact) mass is 308 g/mol. The zero-order valence-corrected chi connectivity index (χ0v) is 12.8. The molecule has 1 heterocycles. The Labute approximate surface area is 128 Å². The Morgan fingerprint density at radius 3 is 2.76 bits per heavy atom. The van der Waals surface area contributed by atoms with Crippen molar-refractivity contribution in [2.75, 3.05) is 20.2 Å². The standard InChI is InChI=1S/C15H17ClN2O3/c1-3-20-14(19)9-18(2)8-13-10-21-15(17-13)11-4-6-12(16)7-5-11/h4-7,10H,3,8-9H2,1-2H3. The van der Waals surface area contributed by atoms with Crippen LogP contribution in [-0.2, 0) is 16.1 Å². The fraction of sp³-hybridized carbons (Fsp3) is 0.333. The molecule has 0 unspecified atom stereocenters. The van der Waals surface area contributed by atoms with Crippen LogP contribution < -0.4 is 0 Å². The Kier molecular flexibility index (Phi) is 5.36. The van der Waals surface area contributed by atoms with E-state index >= 15 is 0 Å². The Hall–Kier alpha value is -1.85. The van der Waals surface area contributed by atoms with Gasteiger partial charge in [0.2, 0.25) is 5.89 Å². The molecule has 0 aliphatic carbocycles. The summed E-state index contributed by atoms with van der Waals surface area (Å²) >= 11 is 5.85. The van der Waals surface area contributed by atoms with Gasteiger partial charge in [-0.2, -0.15) is 0 Å². The molecule has 1 aromatic carbocycles. The molecule has 2 aromatic rings. The van der Waals surface area contributed by atoms with E-state index in [9.17, 15) is 4.79 Å². The quantitative estimate of drug-likeness (QED) is 0.768. The zero-order valence-electron chi connectivity index (χ0n) is 12.0. The van der Waals surface area contributed by atoms with E-state index < -0.39 is 0 Å². The van der Waals surface area contributed by atoms with E-state index in [1.165, 1.54) is 0 Å². The van der Waals surface area contributed by atoms with Gasteiger partial charge >= 0.3 is 5.97 Å². The number of hydrogen-bond acceptors (Lipinski definition) is 5. The van der Waals surface area contributed by atoms with Gasteiger partial charge in [-0.3, -0.25) is 9.69 Å². The van der Waals surface area contributed by atoms with Gasteiger partial charge in [0, 0.05) is 17.1 Å². The number of carbonyl (C=O) groups excluding carboxylic acids is 1. The molecule has 0 aliphatic rings. The third kappa shape index (κ3) is 4.58. The number of rotatable bonds is 6. The highest BCUT2D eigenvalue weighted by atomic mass is 35.5. The maximum absolute atomic E-state index is 11.4. The SMILES string of the molecule is CCOC(=O)CN(C)Cc1coc(-c2ccc(Cl)cc2)n1. The van der Waals surface area contributed by atoms with Crippen LogP contribution in [0.15, 0.2) is 34.9 Å². The lowest BCUT2D eigenvalue weighted by Crippen LogP contribution is -2.27. The summed E-state index contributed by atoms with van der Waals surface area (Å²) in [7, 11) is 1.83. The minimum absolute atomic E-state index is 0.219. The number of halogens is 1. The third-order valence-electron chi connectivity index (χ3n) is 2.78. The average Bonchev–Trinajstić information content (AvgIpc) is 2.88. The number of oxazole rings is 1. The summed E-state index contributed by atoms with van der Waals surface area (Å²) in [5, 5.41) is 0.666. The van der Waals surface area contributed by atoms with Crippen molar-refractivity contribution >= 4 is 17.6 Å². The number of carbonyl (C=O) groups is 1. The fourth-order valence-corrected chi connectivity index (χ4v) is 1.99. The van der Waals surface area contributed by atoms with Gasteiger partial charge in [0.15, 0.2) is 0 Å². The summed E-state index contributed by atoms with van der Waals surface area (Å²) in [6.45, 7) is 2.90. The summed E-state index contributed by atoms with van der Waals surface area (Å²) in [6.07, 6.45) is 1.59. The maximum Gasteiger partial charge on any atom is 0.320 e. The number of hydrogen-bond donors (Lipinski definition) is 0. The van der Waals surface area contributed by atoms with Crippen molar-refractivity contribution in [2.24, 2.45) is 0 Å². The van der Waals surface area contributed by atoms with Crippen LogP contribution >= 0.6 is 11.6 Å². The number of benzene rings is 1. The molecule has 112 valence electrons. The molecular weight excluding hydrogens is 292 g/mol. The first-order valence-electron chi connectivity index (χ1n) is 6.63. The lowest BCUT2D eigenvalue weighted by molar-refractivity contribution is -0.144. The normalized spacial score (nSPS) is 10.9. The minimum Gasteiger partial charge on any atom is -0.465 e. The van der Waals surface area contributed by atoms with E-state index in [1.807, 2.05) is 24.1 Å². The van der Waals surface area contributed by atoms with Crippen LogP contribution in [0, 0.1) is 0 Å². The summed E-state index contributed by atoms with van der Waals surface area (Å²) in [4.78, 5) is 17.6. The van der Waals surface area contributed by atoms with Gasteiger partial charge in [0.25, 0.3) is 0 Å². The Balaban J connectivity index is 1.96. The number of ether oxygens (including phenoxy) is 1. The topological polar surface area (TPSA) is 55.6 Å². The van der Waals surface area contributed by atoms with Crippen LogP contribution in [0.3, 0.4) is 0 Å². The largest absolute Gasteiger partial charge is 0.465 e. The zero-order chi connectivity index (χ0) is 15.2. The van der Waals surface area contributed by atoms with Gasteiger partial charge in [0.05, 0.1) is 18.8 Å². The number of likely N-dealkylation sites (N-methyl/N-ethyl adjacent to an activating group) is 1. The fourth-order valence-electron chi connectivity index (χ4n) is 1.86. The van der Waals surface area contributed by atoms with E-state index in [-0.39, 0.29) is 12.5 Å².